The van der Waals surface area contributed by atoms with Gasteiger partial charge in [0, 0.05) is 12.6 Å². The van der Waals surface area contributed by atoms with Crippen LogP contribution in [0.1, 0.15) is 5.56 Å². The number of hydrogen-bond donors (Lipinski definition) is 1. The van der Waals surface area contributed by atoms with Crippen LogP contribution >= 0.6 is 0 Å². The Kier molecular flexibility index (Phi) is 4.13. The number of sulfone groups is 1. The molecular weight excluding hydrogens is 251 g/mol. The van der Waals surface area contributed by atoms with E-state index in [0.29, 0.717) is 0 Å². The van der Waals surface area contributed by atoms with E-state index in [1.807, 2.05) is 0 Å². The minimum Gasteiger partial charge on any atom is -0.329 e. The van der Waals surface area contributed by atoms with Crippen molar-refractivity contribution in [3.63, 3.8) is 0 Å². The summed E-state index contributed by atoms with van der Waals surface area (Å²) in [5.74, 6) is -1.53. The largest absolute Gasteiger partial charge is 0.329 e. The Hall–Kier alpha value is -1.54. The second kappa shape index (κ2) is 5.19. The van der Waals surface area contributed by atoms with Crippen LogP contribution < -0.4 is 5.73 Å². The predicted octanol–water partition coefficient (Wildman–Crippen LogP) is 0.607. The van der Waals surface area contributed by atoms with Gasteiger partial charge in [-0.05, 0) is 11.6 Å². The van der Waals surface area contributed by atoms with Crippen LogP contribution in [0.4, 0.5) is 10.1 Å². The van der Waals surface area contributed by atoms with E-state index < -0.39 is 32.0 Å². The molecule has 0 atom stereocenters. The lowest BCUT2D eigenvalue weighted by molar-refractivity contribution is -0.385. The van der Waals surface area contributed by atoms with Crippen LogP contribution in [0.5, 0.6) is 0 Å². The van der Waals surface area contributed by atoms with Gasteiger partial charge in [-0.1, -0.05) is 0 Å². The quantitative estimate of drug-likeness (QED) is 0.618. The molecule has 0 aliphatic heterocycles. The van der Waals surface area contributed by atoms with Gasteiger partial charge in [0.1, 0.15) is 5.82 Å². The molecule has 0 aliphatic carbocycles. The summed E-state index contributed by atoms with van der Waals surface area (Å²) >= 11 is 0. The molecular formula is C9H11FN2O4S. The maximum absolute atomic E-state index is 13.0. The van der Waals surface area contributed by atoms with Gasteiger partial charge in [0.25, 0.3) is 5.69 Å². The lowest BCUT2D eigenvalue weighted by atomic mass is 10.2. The summed E-state index contributed by atoms with van der Waals surface area (Å²) < 4.78 is 35.9. The molecule has 0 fully saturated rings. The van der Waals surface area contributed by atoms with Crippen molar-refractivity contribution in [3.05, 3.63) is 39.7 Å². The van der Waals surface area contributed by atoms with Gasteiger partial charge in [-0.15, -0.1) is 0 Å². The molecule has 0 radical (unpaired) electrons. The highest BCUT2D eigenvalue weighted by molar-refractivity contribution is 7.90. The molecule has 0 saturated carbocycles. The molecule has 2 N–H and O–H groups in total. The van der Waals surface area contributed by atoms with Crippen molar-refractivity contribution >= 4 is 15.5 Å². The Balaban J connectivity index is 3.03. The fourth-order valence-electron chi connectivity index (χ4n) is 1.33. The van der Waals surface area contributed by atoms with E-state index in [1.165, 1.54) is 0 Å². The number of hydrogen-bond acceptors (Lipinski definition) is 5. The minimum absolute atomic E-state index is 0.0419. The number of nitrogens with two attached hydrogens (primary N) is 1. The van der Waals surface area contributed by atoms with Crippen LogP contribution in [0.2, 0.25) is 0 Å². The predicted molar refractivity (Wildman–Crippen MR) is 59.6 cm³/mol. The lowest BCUT2D eigenvalue weighted by Crippen LogP contribution is -2.17. The van der Waals surface area contributed by atoms with Crippen molar-refractivity contribution < 1.29 is 17.7 Å². The first-order valence-electron chi connectivity index (χ1n) is 4.68. The first kappa shape index (κ1) is 13.5. The van der Waals surface area contributed by atoms with Gasteiger partial charge >= 0.3 is 0 Å². The summed E-state index contributed by atoms with van der Waals surface area (Å²) in [5.41, 5.74) is 4.69. The Morgan fingerprint density at radius 1 is 1.35 bits per heavy atom. The number of halogens is 1. The normalized spacial score (nSPS) is 11.4. The van der Waals surface area contributed by atoms with Gasteiger partial charge < -0.3 is 5.73 Å². The third-order valence-corrected chi connectivity index (χ3v) is 3.60. The fourth-order valence-corrected chi connectivity index (χ4v) is 2.51. The zero-order valence-corrected chi connectivity index (χ0v) is 9.61. The third-order valence-electron chi connectivity index (χ3n) is 1.97. The maximum Gasteiger partial charge on any atom is 0.272 e. The molecule has 0 heterocycles. The molecule has 0 saturated heterocycles. The second-order valence-electron chi connectivity index (χ2n) is 3.46. The van der Waals surface area contributed by atoms with Gasteiger partial charge in [0.2, 0.25) is 0 Å². The van der Waals surface area contributed by atoms with Crippen molar-refractivity contribution in [1.82, 2.24) is 0 Å². The molecule has 8 heteroatoms. The highest BCUT2D eigenvalue weighted by Crippen LogP contribution is 2.18. The summed E-state index contributed by atoms with van der Waals surface area (Å²) in [7, 11) is -3.46. The number of non-ortho nitro benzene ring substituents is 1. The standard InChI is InChI=1S/C9H11FN2O4S/c10-8-3-7(4-9(5-8)12(13)14)6-17(15,16)2-1-11/h3-5H,1-2,6,11H2. The van der Waals surface area contributed by atoms with Gasteiger partial charge in [-0.3, -0.25) is 10.1 Å². The highest BCUT2D eigenvalue weighted by atomic mass is 32.2. The molecule has 94 valence electrons. The number of nitrogens with zero attached hydrogens (tertiary/aromatic N) is 1. The number of nitro groups is 1. The van der Waals surface area contributed by atoms with Crippen LogP contribution in [0.15, 0.2) is 18.2 Å². The topological polar surface area (TPSA) is 103 Å². The monoisotopic (exact) mass is 262 g/mol. The van der Waals surface area contributed by atoms with E-state index in [9.17, 15) is 22.9 Å². The van der Waals surface area contributed by atoms with Crippen LogP contribution in [0, 0.1) is 15.9 Å². The molecule has 1 rings (SSSR count). The van der Waals surface area contributed by atoms with E-state index in [2.05, 4.69) is 0 Å². The molecule has 1 aromatic carbocycles. The third kappa shape index (κ3) is 4.08. The van der Waals surface area contributed by atoms with Crippen LogP contribution in [-0.2, 0) is 15.6 Å². The first-order valence-corrected chi connectivity index (χ1v) is 6.50. The average molecular weight is 262 g/mol. The molecule has 0 amide bonds. The van der Waals surface area contributed by atoms with Crippen molar-refractivity contribution in [2.24, 2.45) is 5.73 Å². The Labute approximate surface area is 97.3 Å². The second-order valence-corrected chi connectivity index (χ2v) is 5.64. The van der Waals surface area contributed by atoms with Crippen molar-refractivity contribution in [3.8, 4) is 0 Å². The van der Waals surface area contributed by atoms with Crippen molar-refractivity contribution in [2.45, 2.75) is 5.75 Å². The van der Waals surface area contributed by atoms with Crippen molar-refractivity contribution in [2.75, 3.05) is 12.3 Å². The maximum atomic E-state index is 13.0. The number of nitro benzene ring substituents is 1. The van der Waals surface area contributed by atoms with Gasteiger partial charge in [-0.2, -0.15) is 0 Å². The van der Waals surface area contributed by atoms with Crippen molar-refractivity contribution in [1.29, 1.82) is 0 Å². The number of benzene rings is 1. The Morgan fingerprint density at radius 3 is 2.53 bits per heavy atom. The van der Waals surface area contributed by atoms with E-state index >= 15 is 0 Å². The van der Waals surface area contributed by atoms with Crippen LogP contribution in [0.3, 0.4) is 0 Å². The fraction of sp³-hybridized carbons (Fsp3) is 0.333. The molecule has 0 unspecified atom stereocenters. The highest BCUT2D eigenvalue weighted by Gasteiger charge is 2.15. The van der Waals surface area contributed by atoms with Gasteiger partial charge in [0.15, 0.2) is 9.84 Å². The summed E-state index contributed by atoms with van der Waals surface area (Å²) in [6.07, 6.45) is 0. The Bertz CT molecular complexity index is 530. The molecule has 6 nitrogen and oxygen atoms in total. The summed E-state index contributed by atoms with van der Waals surface area (Å²) in [6.45, 7) is -0.0419. The van der Waals surface area contributed by atoms with E-state index in [1.54, 1.807) is 0 Å². The zero-order valence-electron chi connectivity index (χ0n) is 8.80. The first-order chi connectivity index (χ1) is 7.84. The average Bonchev–Trinajstić information content (AvgIpc) is 2.15. The summed E-state index contributed by atoms with van der Waals surface area (Å²) in [4.78, 5) is 9.69. The van der Waals surface area contributed by atoms with Crippen LogP contribution in [0.25, 0.3) is 0 Å². The van der Waals surface area contributed by atoms with Gasteiger partial charge in [-0.25, -0.2) is 12.8 Å². The summed E-state index contributed by atoms with van der Waals surface area (Å²) in [5, 5.41) is 10.5. The molecule has 1 aromatic rings. The van der Waals surface area contributed by atoms with E-state index in [0.717, 1.165) is 18.2 Å². The Morgan fingerprint density at radius 2 is 2.00 bits per heavy atom. The SMILES string of the molecule is NCCS(=O)(=O)Cc1cc(F)cc([N+](=O)[O-])c1. The van der Waals surface area contributed by atoms with E-state index in [-0.39, 0.29) is 17.9 Å². The van der Waals surface area contributed by atoms with Crippen LogP contribution in [-0.4, -0.2) is 25.6 Å². The zero-order chi connectivity index (χ0) is 13.1. The smallest absolute Gasteiger partial charge is 0.272 e. The molecule has 0 bridgehead atoms. The lowest BCUT2D eigenvalue weighted by Gasteiger charge is -2.03. The molecule has 17 heavy (non-hydrogen) atoms. The van der Waals surface area contributed by atoms with E-state index in [4.69, 9.17) is 5.73 Å². The summed E-state index contributed by atoms with van der Waals surface area (Å²) in [6, 6.07) is 2.73. The number of rotatable bonds is 5. The molecule has 0 aliphatic rings. The van der Waals surface area contributed by atoms with Gasteiger partial charge in [0.05, 0.1) is 22.5 Å². The minimum atomic E-state index is -3.46. The molecule has 0 spiro atoms. The molecule has 0 aromatic heterocycles.